The maximum atomic E-state index is 11.5. The van der Waals surface area contributed by atoms with E-state index in [4.69, 9.17) is 5.73 Å². The van der Waals surface area contributed by atoms with Gasteiger partial charge in [0.2, 0.25) is 0 Å². The maximum Gasteiger partial charge on any atom is 0.175 e. The van der Waals surface area contributed by atoms with E-state index in [2.05, 4.69) is 0 Å². The monoisotopic (exact) mass is 227 g/mol. The van der Waals surface area contributed by atoms with Crippen LogP contribution >= 0.6 is 0 Å². The summed E-state index contributed by atoms with van der Waals surface area (Å²) in [6.07, 6.45) is 1.23. The summed E-state index contributed by atoms with van der Waals surface area (Å²) in [5.74, 6) is 0.186. The molecule has 1 aromatic rings. The molecule has 0 spiro atoms. The smallest absolute Gasteiger partial charge is 0.175 e. The normalized spacial score (nSPS) is 13.9. The van der Waals surface area contributed by atoms with Crippen LogP contribution in [-0.2, 0) is 9.84 Å². The fourth-order valence-corrected chi connectivity index (χ4v) is 2.46. The lowest BCUT2D eigenvalue weighted by Gasteiger charge is -2.11. The SMILES string of the molecule is Cc1ccc(C(C)CN)cc1S(C)(=O)=O. The maximum absolute atomic E-state index is 11.5. The molecule has 84 valence electrons. The number of rotatable bonds is 3. The Balaban J connectivity index is 3.29. The second-order valence-corrected chi connectivity index (χ2v) is 5.92. The zero-order valence-electron chi connectivity index (χ0n) is 9.32. The van der Waals surface area contributed by atoms with Crippen molar-refractivity contribution in [2.45, 2.75) is 24.7 Å². The molecule has 0 aliphatic heterocycles. The van der Waals surface area contributed by atoms with Crippen LogP contribution in [0.15, 0.2) is 23.1 Å². The van der Waals surface area contributed by atoms with Crippen molar-refractivity contribution in [3.05, 3.63) is 29.3 Å². The molecule has 0 radical (unpaired) electrons. The molecule has 4 heteroatoms. The van der Waals surface area contributed by atoms with E-state index in [1.165, 1.54) is 6.26 Å². The third-order valence-corrected chi connectivity index (χ3v) is 3.77. The molecule has 1 unspecified atom stereocenters. The average Bonchev–Trinajstić information content (AvgIpc) is 2.15. The standard InChI is InChI=1S/C11H17NO2S/c1-8-4-5-10(9(2)7-12)6-11(8)15(3,13)14/h4-6,9H,7,12H2,1-3H3. The summed E-state index contributed by atoms with van der Waals surface area (Å²) in [4.78, 5) is 0.403. The van der Waals surface area contributed by atoms with E-state index in [9.17, 15) is 8.42 Å². The van der Waals surface area contributed by atoms with Crippen LogP contribution in [0, 0.1) is 6.92 Å². The van der Waals surface area contributed by atoms with E-state index in [1.807, 2.05) is 19.1 Å². The van der Waals surface area contributed by atoms with Crippen LogP contribution in [-0.4, -0.2) is 21.2 Å². The molecular formula is C11H17NO2S. The van der Waals surface area contributed by atoms with E-state index in [0.717, 1.165) is 11.1 Å². The minimum absolute atomic E-state index is 0.186. The summed E-state index contributed by atoms with van der Waals surface area (Å²) < 4.78 is 23.0. The van der Waals surface area contributed by atoms with Crippen molar-refractivity contribution in [3.63, 3.8) is 0 Å². The average molecular weight is 227 g/mol. The second-order valence-electron chi connectivity index (χ2n) is 3.93. The topological polar surface area (TPSA) is 60.2 Å². The molecule has 0 fully saturated rings. The first-order valence-electron chi connectivity index (χ1n) is 4.87. The van der Waals surface area contributed by atoms with Gasteiger partial charge in [-0.05, 0) is 36.6 Å². The van der Waals surface area contributed by atoms with Gasteiger partial charge >= 0.3 is 0 Å². The van der Waals surface area contributed by atoms with Crippen LogP contribution in [0.2, 0.25) is 0 Å². The summed E-state index contributed by atoms with van der Waals surface area (Å²) in [5, 5.41) is 0. The number of nitrogens with two attached hydrogens (primary N) is 1. The van der Waals surface area contributed by atoms with Crippen LogP contribution < -0.4 is 5.73 Å². The van der Waals surface area contributed by atoms with Gasteiger partial charge in [-0.3, -0.25) is 0 Å². The molecule has 3 nitrogen and oxygen atoms in total. The number of aryl methyl sites for hydroxylation is 1. The highest BCUT2D eigenvalue weighted by Crippen LogP contribution is 2.21. The molecule has 1 atom stereocenters. The zero-order valence-corrected chi connectivity index (χ0v) is 10.1. The van der Waals surface area contributed by atoms with Crippen LogP contribution in [0.25, 0.3) is 0 Å². The van der Waals surface area contributed by atoms with Gasteiger partial charge in [0.25, 0.3) is 0 Å². The van der Waals surface area contributed by atoms with Gasteiger partial charge in [-0.15, -0.1) is 0 Å². The third kappa shape index (κ3) is 2.79. The predicted octanol–water partition coefficient (Wildman–Crippen LogP) is 1.46. The van der Waals surface area contributed by atoms with Crippen molar-refractivity contribution >= 4 is 9.84 Å². The van der Waals surface area contributed by atoms with Gasteiger partial charge in [0.05, 0.1) is 4.90 Å². The number of benzene rings is 1. The Bertz CT molecular complexity index is 452. The molecule has 0 bridgehead atoms. The lowest BCUT2D eigenvalue weighted by atomic mass is 10.0. The fraction of sp³-hybridized carbons (Fsp3) is 0.455. The molecule has 0 aliphatic rings. The Kier molecular flexibility index (Phi) is 3.52. The molecule has 2 N–H and O–H groups in total. The van der Waals surface area contributed by atoms with E-state index in [1.54, 1.807) is 13.0 Å². The highest BCUT2D eigenvalue weighted by molar-refractivity contribution is 7.90. The van der Waals surface area contributed by atoms with E-state index >= 15 is 0 Å². The van der Waals surface area contributed by atoms with Gasteiger partial charge < -0.3 is 5.73 Å². The predicted molar refractivity (Wildman–Crippen MR) is 61.8 cm³/mol. The minimum Gasteiger partial charge on any atom is -0.330 e. The summed E-state index contributed by atoms with van der Waals surface area (Å²) >= 11 is 0. The Morgan fingerprint density at radius 1 is 1.40 bits per heavy atom. The molecule has 0 aromatic heterocycles. The van der Waals surface area contributed by atoms with Crippen molar-refractivity contribution < 1.29 is 8.42 Å². The zero-order chi connectivity index (χ0) is 11.6. The molecule has 0 aliphatic carbocycles. The molecule has 1 aromatic carbocycles. The Hall–Kier alpha value is -0.870. The first-order valence-corrected chi connectivity index (χ1v) is 6.76. The van der Waals surface area contributed by atoms with Crippen molar-refractivity contribution in [2.24, 2.45) is 5.73 Å². The lowest BCUT2D eigenvalue weighted by Crippen LogP contribution is -2.10. The number of hydrogen-bond acceptors (Lipinski definition) is 3. The third-order valence-electron chi connectivity index (χ3n) is 2.53. The second kappa shape index (κ2) is 4.33. The molecule has 15 heavy (non-hydrogen) atoms. The van der Waals surface area contributed by atoms with E-state index < -0.39 is 9.84 Å². The van der Waals surface area contributed by atoms with Crippen molar-refractivity contribution in [1.29, 1.82) is 0 Å². The Morgan fingerprint density at radius 3 is 2.47 bits per heavy atom. The fourth-order valence-electron chi connectivity index (χ4n) is 1.46. The molecule has 0 heterocycles. The van der Waals surface area contributed by atoms with Crippen LogP contribution in [0.5, 0.6) is 0 Å². The summed E-state index contributed by atoms with van der Waals surface area (Å²) in [6.45, 7) is 4.30. The highest BCUT2D eigenvalue weighted by atomic mass is 32.2. The van der Waals surface area contributed by atoms with Crippen molar-refractivity contribution in [2.75, 3.05) is 12.8 Å². The van der Waals surface area contributed by atoms with E-state index in [0.29, 0.717) is 11.4 Å². The quantitative estimate of drug-likeness (QED) is 0.850. The van der Waals surface area contributed by atoms with Gasteiger partial charge in [0.15, 0.2) is 9.84 Å². The van der Waals surface area contributed by atoms with Crippen LogP contribution in [0.4, 0.5) is 0 Å². The van der Waals surface area contributed by atoms with Crippen molar-refractivity contribution in [1.82, 2.24) is 0 Å². The molecule has 0 saturated carbocycles. The van der Waals surface area contributed by atoms with E-state index in [-0.39, 0.29) is 5.92 Å². The van der Waals surface area contributed by atoms with Gasteiger partial charge in [0.1, 0.15) is 0 Å². The van der Waals surface area contributed by atoms with Crippen molar-refractivity contribution in [3.8, 4) is 0 Å². The largest absolute Gasteiger partial charge is 0.330 e. The molecular weight excluding hydrogens is 210 g/mol. The molecule has 1 rings (SSSR count). The first kappa shape index (κ1) is 12.2. The van der Waals surface area contributed by atoms with Crippen LogP contribution in [0.3, 0.4) is 0 Å². The molecule has 0 amide bonds. The highest BCUT2D eigenvalue weighted by Gasteiger charge is 2.13. The van der Waals surface area contributed by atoms with Gasteiger partial charge in [-0.2, -0.15) is 0 Å². The molecule has 0 saturated heterocycles. The Morgan fingerprint density at radius 2 is 2.00 bits per heavy atom. The summed E-state index contributed by atoms with van der Waals surface area (Å²) in [6, 6.07) is 5.49. The minimum atomic E-state index is -3.14. The summed E-state index contributed by atoms with van der Waals surface area (Å²) in [7, 11) is -3.14. The number of sulfone groups is 1. The van der Waals surface area contributed by atoms with Gasteiger partial charge in [-0.1, -0.05) is 19.1 Å². The van der Waals surface area contributed by atoms with Gasteiger partial charge in [-0.25, -0.2) is 8.42 Å². The lowest BCUT2D eigenvalue weighted by molar-refractivity contribution is 0.601. The van der Waals surface area contributed by atoms with Gasteiger partial charge in [0, 0.05) is 6.26 Å². The Labute approximate surface area is 91.2 Å². The summed E-state index contributed by atoms with van der Waals surface area (Å²) in [5.41, 5.74) is 7.31. The van der Waals surface area contributed by atoms with Crippen LogP contribution in [0.1, 0.15) is 24.0 Å². The number of hydrogen-bond donors (Lipinski definition) is 1. The first-order chi connectivity index (χ1) is 6.86.